The van der Waals surface area contributed by atoms with Gasteiger partial charge in [0.25, 0.3) is 0 Å². The molecule has 1 heterocycles. The van der Waals surface area contributed by atoms with Gasteiger partial charge in [-0.1, -0.05) is 62.2 Å². The summed E-state index contributed by atoms with van der Waals surface area (Å²) in [7, 11) is 0. The number of rotatable bonds is 4. The Morgan fingerprint density at radius 2 is 1.70 bits per heavy atom. The lowest BCUT2D eigenvalue weighted by Gasteiger charge is -2.17. The molecule has 1 aromatic heterocycles. The minimum Gasteiger partial charge on any atom is -0.331 e. The van der Waals surface area contributed by atoms with Gasteiger partial charge in [0.2, 0.25) is 0 Å². The van der Waals surface area contributed by atoms with Crippen LogP contribution >= 0.6 is 39.9 Å². The molecular weight excluding hydrogens is 440 g/mol. The molecule has 0 fully saturated rings. The zero-order valence-electron chi connectivity index (χ0n) is 16.4. The Balaban J connectivity index is 0.00000261. The van der Waals surface area contributed by atoms with Gasteiger partial charge < -0.3 is 5.32 Å². The van der Waals surface area contributed by atoms with E-state index in [2.05, 4.69) is 70.3 Å². The van der Waals surface area contributed by atoms with Gasteiger partial charge in [-0.05, 0) is 43.2 Å². The third-order valence-corrected chi connectivity index (χ3v) is 5.53. The molecule has 0 saturated heterocycles. The lowest BCUT2D eigenvalue weighted by molar-refractivity contribution is 0.568. The van der Waals surface area contributed by atoms with Gasteiger partial charge in [-0.3, -0.25) is 0 Å². The molecule has 0 bridgehead atoms. The molecule has 0 amide bonds. The van der Waals surface area contributed by atoms with Gasteiger partial charge in [0, 0.05) is 27.4 Å². The molecule has 0 spiro atoms. The Bertz CT molecular complexity index is 911. The highest BCUT2D eigenvalue weighted by atomic mass is 79.9. The van der Waals surface area contributed by atoms with Crippen LogP contribution in [-0.2, 0) is 11.8 Å². The van der Waals surface area contributed by atoms with E-state index in [4.69, 9.17) is 16.6 Å². The molecule has 1 N–H and O–H groups in total. The summed E-state index contributed by atoms with van der Waals surface area (Å²) >= 11 is 7.76. The highest BCUT2D eigenvalue weighted by molar-refractivity contribution is 8.93. The summed E-state index contributed by atoms with van der Waals surface area (Å²) in [5, 5.41) is 5.23. The SMILES string of the molecule is Br.Cc1ccc(Nc2nc(C(C)(C)C)c(Cc3ccc(Cl)cc3)s2)c(C)c1. The fourth-order valence-electron chi connectivity index (χ4n) is 2.97. The monoisotopic (exact) mass is 464 g/mol. The van der Waals surface area contributed by atoms with E-state index in [1.807, 2.05) is 12.1 Å². The Labute approximate surface area is 181 Å². The average Bonchev–Trinajstić information content (AvgIpc) is 2.95. The number of nitrogens with one attached hydrogen (secondary N) is 1. The summed E-state index contributed by atoms with van der Waals surface area (Å²) in [6.07, 6.45) is 0.871. The van der Waals surface area contributed by atoms with E-state index in [-0.39, 0.29) is 22.4 Å². The van der Waals surface area contributed by atoms with Crippen molar-refractivity contribution in [3.63, 3.8) is 0 Å². The van der Waals surface area contributed by atoms with Gasteiger partial charge in [-0.2, -0.15) is 0 Å². The maximum absolute atomic E-state index is 6.02. The molecule has 0 aliphatic carbocycles. The fraction of sp³-hybridized carbons (Fsp3) is 0.318. The molecule has 2 nitrogen and oxygen atoms in total. The van der Waals surface area contributed by atoms with Crippen LogP contribution in [0.2, 0.25) is 5.02 Å². The van der Waals surface area contributed by atoms with Gasteiger partial charge in [-0.25, -0.2) is 4.98 Å². The Morgan fingerprint density at radius 3 is 2.30 bits per heavy atom. The molecular formula is C22H26BrClN2S. The molecule has 27 heavy (non-hydrogen) atoms. The summed E-state index contributed by atoms with van der Waals surface area (Å²) in [6, 6.07) is 14.5. The van der Waals surface area contributed by atoms with E-state index in [0.717, 1.165) is 28.0 Å². The predicted octanol–water partition coefficient (Wildman–Crippen LogP) is 7.62. The minimum absolute atomic E-state index is 0. The number of aromatic nitrogens is 1. The van der Waals surface area contributed by atoms with Gasteiger partial charge in [0.05, 0.1) is 5.69 Å². The van der Waals surface area contributed by atoms with Crippen LogP contribution in [0.3, 0.4) is 0 Å². The summed E-state index contributed by atoms with van der Waals surface area (Å²) in [5.74, 6) is 0. The highest BCUT2D eigenvalue weighted by Gasteiger charge is 2.23. The molecule has 144 valence electrons. The van der Waals surface area contributed by atoms with Gasteiger partial charge >= 0.3 is 0 Å². The number of halogens is 2. The van der Waals surface area contributed by atoms with Crippen molar-refractivity contribution in [1.82, 2.24) is 4.98 Å². The van der Waals surface area contributed by atoms with Crippen molar-refractivity contribution in [2.45, 2.75) is 46.5 Å². The van der Waals surface area contributed by atoms with E-state index in [9.17, 15) is 0 Å². The van der Waals surface area contributed by atoms with Crippen LogP contribution in [-0.4, -0.2) is 4.98 Å². The molecule has 0 atom stereocenters. The molecule has 0 unspecified atom stereocenters. The number of anilines is 2. The average molecular weight is 466 g/mol. The second-order valence-electron chi connectivity index (χ2n) is 7.79. The van der Waals surface area contributed by atoms with Crippen LogP contribution in [0.1, 0.15) is 48.0 Å². The molecule has 0 aliphatic heterocycles. The smallest absolute Gasteiger partial charge is 0.187 e. The van der Waals surface area contributed by atoms with E-state index in [1.165, 1.54) is 21.6 Å². The van der Waals surface area contributed by atoms with Crippen molar-refractivity contribution in [2.24, 2.45) is 0 Å². The number of benzene rings is 2. The predicted molar refractivity (Wildman–Crippen MR) is 125 cm³/mol. The van der Waals surface area contributed by atoms with Crippen LogP contribution in [0, 0.1) is 13.8 Å². The first-order valence-electron chi connectivity index (χ1n) is 8.81. The first kappa shape index (κ1) is 21.9. The maximum atomic E-state index is 6.02. The molecule has 0 saturated carbocycles. The largest absolute Gasteiger partial charge is 0.331 e. The third kappa shape index (κ3) is 5.56. The second kappa shape index (κ2) is 8.76. The standard InChI is InChI=1S/C22H25ClN2S.BrH/c1-14-6-11-18(15(2)12-14)24-21-25-20(22(3,4)5)19(26-21)13-16-7-9-17(23)10-8-16;/h6-12H,13H2,1-5H3,(H,24,25);1H. The van der Waals surface area contributed by atoms with Crippen LogP contribution < -0.4 is 5.32 Å². The van der Waals surface area contributed by atoms with Crippen LogP contribution in [0.15, 0.2) is 42.5 Å². The molecule has 0 radical (unpaired) electrons. The normalized spacial score (nSPS) is 11.2. The Kier molecular flexibility index (Phi) is 7.12. The zero-order chi connectivity index (χ0) is 18.9. The Morgan fingerprint density at radius 1 is 1.04 bits per heavy atom. The number of aryl methyl sites for hydroxylation is 2. The number of hydrogen-bond acceptors (Lipinski definition) is 3. The number of thiazole rings is 1. The Hall–Kier alpha value is -1.36. The van der Waals surface area contributed by atoms with Crippen LogP contribution in [0.4, 0.5) is 10.8 Å². The summed E-state index contributed by atoms with van der Waals surface area (Å²) in [5.41, 5.74) is 6.03. The van der Waals surface area contributed by atoms with E-state index >= 15 is 0 Å². The van der Waals surface area contributed by atoms with Crippen LogP contribution in [0.25, 0.3) is 0 Å². The zero-order valence-corrected chi connectivity index (χ0v) is 19.7. The quantitative estimate of drug-likeness (QED) is 0.428. The van der Waals surface area contributed by atoms with Crippen molar-refractivity contribution >= 4 is 50.7 Å². The first-order valence-corrected chi connectivity index (χ1v) is 10.0. The van der Waals surface area contributed by atoms with Crippen molar-refractivity contribution in [2.75, 3.05) is 5.32 Å². The summed E-state index contributed by atoms with van der Waals surface area (Å²) < 4.78 is 0. The van der Waals surface area contributed by atoms with Gasteiger partial charge in [0.1, 0.15) is 0 Å². The van der Waals surface area contributed by atoms with Crippen molar-refractivity contribution in [3.05, 3.63) is 74.7 Å². The maximum Gasteiger partial charge on any atom is 0.187 e. The van der Waals surface area contributed by atoms with E-state index < -0.39 is 0 Å². The number of hydrogen-bond donors (Lipinski definition) is 1. The van der Waals surface area contributed by atoms with E-state index in [1.54, 1.807) is 11.3 Å². The van der Waals surface area contributed by atoms with Crippen LogP contribution in [0.5, 0.6) is 0 Å². The molecule has 3 aromatic rings. The molecule has 0 aliphatic rings. The summed E-state index contributed by atoms with van der Waals surface area (Å²) in [4.78, 5) is 6.23. The molecule has 2 aromatic carbocycles. The fourth-order valence-corrected chi connectivity index (χ4v) is 4.31. The number of nitrogens with zero attached hydrogens (tertiary/aromatic N) is 1. The molecule has 3 rings (SSSR count). The van der Waals surface area contributed by atoms with Gasteiger partial charge in [0.15, 0.2) is 5.13 Å². The summed E-state index contributed by atoms with van der Waals surface area (Å²) in [6.45, 7) is 10.9. The topological polar surface area (TPSA) is 24.9 Å². The van der Waals surface area contributed by atoms with Crippen molar-refractivity contribution < 1.29 is 0 Å². The highest BCUT2D eigenvalue weighted by Crippen LogP contribution is 2.35. The lowest BCUT2D eigenvalue weighted by atomic mass is 9.90. The minimum atomic E-state index is 0. The second-order valence-corrected chi connectivity index (χ2v) is 9.31. The molecule has 5 heteroatoms. The van der Waals surface area contributed by atoms with Gasteiger partial charge in [-0.15, -0.1) is 28.3 Å². The lowest BCUT2D eigenvalue weighted by Crippen LogP contribution is -2.14. The van der Waals surface area contributed by atoms with E-state index in [0.29, 0.717) is 0 Å². The third-order valence-electron chi connectivity index (χ3n) is 4.31. The van der Waals surface area contributed by atoms with Crippen molar-refractivity contribution in [1.29, 1.82) is 0 Å². The van der Waals surface area contributed by atoms with Crippen molar-refractivity contribution in [3.8, 4) is 0 Å². The first-order chi connectivity index (χ1) is 12.2.